The lowest BCUT2D eigenvalue weighted by Gasteiger charge is -2.34. The molecule has 1 atom stereocenters. The van der Waals surface area contributed by atoms with Crippen molar-refractivity contribution >= 4 is 10.2 Å². The number of hydrogen-bond acceptors (Lipinski definition) is 4. The molecule has 1 fully saturated rings. The lowest BCUT2D eigenvalue weighted by atomic mass is 9.87. The van der Waals surface area contributed by atoms with E-state index in [4.69, 9.17) is 0 Å². The molecule has 21 heavy (non-hydrogen) atoms. The highest BCUT2D eigenvalue weighted by Crippen LogP contribution is 2.22. The Morgan fingerprint density at radius 3 is 2.52 bits per heavy atom. The van der Waals surface area contributed by atoms with Crippen molar-refractivity contribution in [1.82, 2.24) is 23.9 Å². The zero-order valence-corrected chi connectivity index (χ0v) is 13.7. The van der Waals surface area contributed by atoms with Crippen LogP contribution in [-0.4, -0.2) is 54.5 Å². The van der Waals surface area contributed by atoms with Gasteiger partial charge in [0.15, 0.2) is 0 Å². The van der Waals surface area contributed by atoms with Gasteiger partial charge in [0.1, 0.15) is 0 Å². The Balaban J connectivity index is 2.10. The first-order valence-electron chi connectivity index (χ1n) is 7.23. The van der Waals surface area contributed by atoms with Gasteiger partial charge >= 0.3 is 0 Å². The summed E-state index contributed by atoms with van der Waals surface area (Å²) in [6.45, 7) is 9.09. The minimum Gasteiger partial charge on any atom is -0.336 e. The number of imidazole rings is 1. The van der Waals surface area contributed by atoms with Crippen LogP contribution in [0.4, 0.5) is 0 Å². The molecule has 1 saturated heterocycles. The third-order valence-corrected chi connectivity index (χ3v) is 5.33. The Hall–Kier alpha value is -0.960. The Morgan fingerprint density at radius 1 is 1.33 bits per heavy atom. The van der Waals surface area contributed by atoms with Crippen LogP contribution in [0.1, 0.15) is 20.8 Å². The molecule has 0 aliphatic carbocycles. The molecule has 7 nitrogen and oxygen atoms in total. The van der Waals surface area contributed by atoms with Crippen LogP contribution in [0.2, 0.25) is 0 Å². The average Bonchev–Trinajstić information content (AvgIpc) is 2.91. The Morgan fingerprint density at radius 2 is 2.00 bits per heavy atom. The fraction of sp³-hybridized carbons (Fsp3) is 0.769. The minimum atomic E-state index is -3.46. The van der Waals surface area contributed by atoms with Gasteiger partial charge in [0, 0.05) is 51.2 Å². The van der Waals surface area contributed by atoms with Crippen molar-refractivity contribution in [2.24, 2.45) is 5.41 Å². The highest BCUT2D eigenvalue weighted by atomic mass is 32.2. The number of piperazine rings is 1. The van der Waals surface area contributed by atoms with Crippen molar-refractivity contribution in [3.63, 3.8) is 0 Å². The van der Waals surface area contributed by atoms with Crippen molar-refractivity contribution in [3.05, 3.63) is 18.7 Å². The molecule has 0 aromatic carbocycles. The van der Waals surface area contributed by atoms with Crippen LogP contribution in [-0.2, 0) is 16.8 Å². The highest BCUT2D eigenvalue weighted by molar-refractivity contribution is 7.87. The van der Waals surface area contributed by atoms with Gasteiger partial charge in [0.2, 0.25) is 0 Å². The quantitative estimate of drug-likeness (QED) is 0.804. The predicted molar refractivity (Wildman–Crippen MR) is 82.0 cm³/mol. The Kier molecular flexibility index (Phi) is 5.03. The van der Waals surface area contributed by atoms with E-state index in [0.29, 0.717) is 32.7 Å². The van der Waals surface area contributed by atoms with Crippen LogP contribution in [0.15, 0.2) is 18.7 Å². The van der Waals surface area contributed by atoms with Crippen molar-refractivity contribution in [2.45, 2.75) is 33.4 Å². The van der Waals surface area contributed by atoms with Gasteiger partial charge in [-0.3, -0.25) is 0 Å². The predicted octanol–water partition coefficient (Wildman–Crippen LogP) is 0.0374. The molecule has 0 spiro atoms. The number of hydrogen-bond donors (Lipinski definition) is 2. The van der Waals surface area contributed by atoms with E-state index < -0.39 is 10.2 Å². The fourth-order valence-electron chi connectivity index (χ4n) is 2.23. The maximum Gasteiger partial charge on any atom is 0.279 e. The maximum absolute atomic E-state index is 12.5. The smallest absolute Gasteiger partial charge is 0.279 e. The maximum atomic E-state index is 12.5. The van der Waals surface area contributed by atoms with Crippen molar-refractivity contribution in [3.8, 4) is 0 Å². The first kappa shape index (κ1) is 16.4. The normalized spacial score (nSPS) is 19.6. The first-order valence-corrected chi connectivity index (χ1v) is 8.67. The monoisotopic (exact) mass is 315 g/mol. The zero-order chi connectivity index (χ0) is 15.5. The van der Waals surface area contributed by atoms with E-state index in [9.17, 15) is 8.42 Å². The van der Waals surface area contributed by atoms with E-state index in [0.717, 1.165) is 0 Å². The second-order valence-electron chi connectivity index (χ2n) is 6.45. The van der Waals surface area contributed by atoms with Gasteiger partial charge in [-0.15, -0.1) is 0 Å². The van der Waals surface area contributed by atoms with Crippen LogP contribution < -0.4 is 10.0 Å². The van der Waals surface area contributed by atoms with E-state index in [-0.39, 0.29) is 11.5 Å². The van der Waals surface area contributed by atoms with Gasteiger partial charge in [-0.05, 0) is 5.41 Å². The van der Waals surface area contributed by atoms with E-state index in [1.807, 2.05) is 31.5 Å². The lowest BCUT2D eigenvalue weighted by Crippen LogP contribution is -2.55. The molecule has 0 radical (unpaired) electrons. The number of nitrogens with one attached hydrogen (secondary N) is 2. The van der Waals surface area contributed by atoms with Gasteiger partial charge in [-0.25, -0.2) is 4.98 Å². The Labute approximate surface area is 126 Å². The van der Waals surface area contributed by atoms with Crippen LogP contribution in [0.25, 0.3) is 0 Å². The van der Waals surface area contributed by atoms with Crippen molar-refractivity contribution in [1.29, 1.82) is 0 Å². The highest BCUT2D eigenvalue weighted by Gasteiger charge is 2.32. The SMILES string of the molecule is CC(C)(C)C(Cn1ccnc1)NS(=O)(=O)N1CCNCC1. The molecule has 1 aromatic rings. The van der Waals surface area contributed by atoms with Crippen LogP contribution in [0.5, 0.6) is 0 Å². The summed E-state index contributed by atoms with van der Waals surface area (Å²) in [5.74, 6) is 0. The zero-order valence-electron chi connectivity index (χ0n) is 12.9. The average molecular weight is 315 g/mol. The van der Waals surface area contributed by atoms with E-state index >= 15 is 0 Å². The van der Waals surface area contributed by atoms with E-state index in [1.165, 1.54) is 4.31 Å². The van der Waals surface area contributed by atoms with E-state index in [1.54, 1.807) is 12.5 Å². The molecular weight excluding hydrogens is 290 g/mol. The van der Waals surface area contributed by atoms with Crippen molar-refractivity contribution < 1.29 is 8.42 Å². The third kappa shape index (κ3) is 4.50. The number of aromatic nitrogens is 2. The Bertz CT molecular complexity index is 529. The topological polar surface area (TPSA) is 79.3 Å². The van der Waals surface area contributed by atoms with Crippen LogP contribution in [0, 0.1) is 5.41 Å². The van der Waals surface area contributed by atoms with Gasteiger partial charge in [0.25, 0.3) is 10.2 Å². The first-order chi connectivity index (χ1) is 9.79. The fourth-order valence-corrected chi connectivity index (χ4v) is 3.83. The molecule has 1 aliphatic heterocycles. The third-order valence-electron chi connectivity index (χ3n) is 3.71. The molecule has 0 saturated carbocycles. The summed E-state index contributed by atoms with van der Waals surface area (Å²) in [7, 11) is -3.46. The summed E-state index contributed by atoms with van der Waals surface area (Å²) in [6.07, 6.45) is 5.25. The molecule has 2 heterocycles. The molecule has 2 N–H and O–H groups in total. The summed E-state index contributed by atoms with van der Waals surface area (Å²) in [5.41, 5.74) is -0.189. The summed E-state index contributed by atoms with van der Waals surface area (Å²) in [6, 6.07) is -0.202. The summed E-state index contributed by atoms with van der Waals surface area (Å²) < 4.78 is 31.3. The summed E-state index contributed by atoms with van der Waals surface area (Å²) in [4.78, 5) is 4.01. The van der Waals surface area contributed by atoms with E-state index in [2.05, 4.69) is 15.0 Å². The molecule has 0 amide bonds. The van der Waals surface area contributed by atoms with Gasteiger partial charge < -0.3 is 9.88 Å². The molecule has 0 bridgehead atoms. The van der Waals surface area contributed by atoms with Gasteiger partial charge in [0.05, 0.1) is 6.33 Å². The standard InChI is InChI=1S/C13H25N5O2S/c1-13(2,3)12(10-17-7-4-15-11-17)16-21(19,20)18-8-5-14-6-9-18/h4,7,11-12,14,16H,5-6,8-10H2,1-3H3. The number of rotatable bonds is 5. The molecule has 120 valence electrons. The molecule has 2 rings (SSSR count). The number of nitrogens with zero attached hydrogens (tertiary/aromatic N) is 3. The second kappa shape index (κ2) is 6.43. The summed E-state index contributed by atoms with van der Waals surface area (Å²) >= 11 is 0. The summed E-state index contributed by atoms with van der Waals surface area (Å²) in [5, 5.41) is 3.16. The molecule has 1 aromatic heterocycles. The second-order valence-corrected chi connectivity index (χ2v) is 8.15. The molecular formula is C13H25N5O2S. The van der Waals surface area contributed by atoms with Crippen LogP contribution in [0.3, 0.4) is 0 Å². The molecule has 1 aliphatic rings. The molecule has 1 unspecified atom stereocenters. The van der Waals surface area contributed by atoms with Gasteiger partial charge in [-0.2, -0.15) is 17.4 Å². The lowest BCUT2D eigenvalue weighted by molar-refractivity contribution is 0.261. The van der Waals surface area contributed by atoms with Gasteiger partial charge in [-0.1, -0.05) is 20.8 Å². The molecule has 8 heteroatoms. The van der Waals surface area contributed by atoms with Crippen LogP contribution >= 0.6 is 0 Å². The minimum absolute atomic E-state index is 0.189. The largest absolute Gasteiger partial charge is 0.336 e. The van der Waals surface area contributed by atoms with Crippen molar-refractivity contribution in [2.75, 3.05) is 26.2 Å².